The van der Waals surface area contributed by atoms with E-state index in [1.165, 1.54) is 29.2 Å². The Morgan fingerprint density at radius 1 is 1.03 bits per heavy atom. The van der Waals surface area contributed by atoms with Gasteiger partial charge < -0.3 is 14.6 Å². The lowest BCUT2D eigenvalue weighted by molar-refractivity contribution is -0.139. The van der Waals surface area contributed by atoms with Crippen LogP contribution in [0.4, 0.5) is 4.39 Å². The molecule has 30 heavy (non-hydrogen) atoms. The molecule has 0 saturated carbocycles. The summed E-state index contributed by atoms with van der Waals surface area (Å²) in [4.78, 5) is 31.2. The second-order valence-corrected chi connectivity index (χ2v) is 7.06. The molecular formula is C23H20FN3O3. The third-order valence-corrected chi connectivity index (χ3v) is 5.15. The molecule has 1 N–H and O–H groups in total. The molecule has 1 saturated heterocycles. The number of carbonyl (C=O) groups is 2. The van der Waals surface area contributed by atoms with Gasteiger partial charge in [-0.2, -0.15) is 0 Å². The van der Waals surface area contributed by atoms with E-state index in [9.17, 15) is 19.1 Å². The van der Waals surface area contributed by atoms with E-state index < -0.39 is 23.5 Å². The van der Waals surface area contributed by atoms with Crippen LogP contribution in [0.25, 0.3) is 5.76 Å². The van der Waals surface area contributed by atoms with E-state index in [4.69, 9.17) is 0 Å². The number of carbonyl (C=O) groups excluding carboxylic acids is 2. The lowest BCUT2D eigenvalue weighted by Crippen LogP contribution is -2.31. The highest BCUT2D eigenvalue weighted by Gasteiger charge is 2.45. The van der Waals surface area contributed by atoms with Crippen LogP contribution >= 0.6 is 0 Å². The molecule has 1 amide bonds. The molecule has 6 nitrogen and oxygen atoms in total. The first-order valence-corrected chi connectivity index (χ1v) is 9.61. The molecule has 4 rings (SSSR count). The summed E-state index contributed by atoms with van der Waals surface area (Å²) in [6.07, 6.45) is 5.82. The maximum atomic E-state index is 13.3. The zero-order valence-corrected chi connectivity index (χ0v) is 16.1. The molecule has 7 heteroatoms. The van der Waals surface area contributed by atoms with E-state index >= 15 is 0 Å². The van der Waals surface area contributed by atoms with Crippen molar-refractivity contribution in [2.45, 2.75) is 19.0 Å². The minimum atomic E-state index is -0.742. The number of hydrogen-bond acceptors (Lipinski definition) is 4. The highest BCUT2D eigenvalue weighted by molar-refractivity contribution is 6.46. The first-order chi connectivity index (χ1) is 14.6. The Morgan fingerprint density at radius 2 is 1.77 bits per heavy atom. The summed E-state index contributed by atoms with van der Waals surface area (Å²) in [7, 11) is 0. The van der Waals surface area contributed by atoms with Crippen LogP contribution in [0, 0.1) is 5.82 Å². The summed E-state index contributed by atoms with van der Waals surface area (Å²) in [5.41, 5.74) is 1.03. The van der Waals surface area contributed by atoms with Crippen LogP contribution in [-0.4, -0.2) is 37.8 Å². The molecule has 0 spiro atoms. The number of Topliss-reactive ketones (excluding diaryl/α,β-unsaturated/α-hetero) is 1. The van der Waals surface area contributed by atoms with Gasteiger partial charge in [0.15, 0.2) is 0 Å². The van der Waals surface area contributed by atoms with E-state index in [0.717, 1.165) is 5.56 Å². The number of nitrogens with zero attached hydrogens (tertiary/aromatic N) is 3. The molecule has 2 aromatic carbocycles. The zero-order chi connectivity index (χ0) is 21.1. The number of aryl methyl sites for hydroxylation is 1. The second kappa shape index (κ2) is 8.32. The Hall–Kier alpha value is -3.74. The third kappa shape index (κ3) is 3.74. The number of ketones is 1. The topological polar surface area (TPSA) is 75.4 Å². The van der Waals surface area contributed by atoms with Crippen LogP contribution in [0.1, 0.15) is 23.6 Å². The predicted octanol–water partition coefficient (Wildman–Crippen LogP) is 3.53. The monoisotopic (exact) mass is 405 g/mol. The quantitative estimate of drug-likeness (QED) is 0.387. The van der Waals surface area contributed by atoms with Gasteiger partial charge in [0.25, 0.3) is 11.7 Å². The Bertz CT molecular complexity index is 1080. The normalized spacial score (nSPS) is 18.2. The van der Waals surface area contributed by atoms with Crippen molar-refractivity contribution in [3.8, 4) is 0 Å². The number of rotatable bonds is 6. The summed E-state index contributed by atoms with van der Waals surface area (Å²) in [6, 6.07) is 13.6. The Balaban J connectivity index is 1.71. The Morgan fingerprint density at radius 3 is 2.43 bits per heavy atom. The first-order valence-electron chi connectivity index (χ1n) is 9.61. The van der Waals surface area contributed by atoms with Crippen molar-refractivity contribution in [3.63, 3.8) is 0 Å². The molecule has 0 radical (unpaired) electrons. The number of benzene rings is 2. The van der Waals surface area contributed by atoms with Crippen LogP contribution in [0.15, 0.2) is 78.9 Å². The van der Waals surface area contributed by atoms with Crippen molar-refractivity contribution >= 4 is 17.4 Å². The van der Waals surface area contributed by atoms with Gasteiger partial charge in [0.05, 0.1) is 17.9 Å². The van der Waals surface area contributed by atoms with Crippen LogP contribution in [0.2, 0.25) is 0 Å². The van der Waals surface area contributed by atoms with Crippen molar-refractivity contribution in [1.29, 1.82) is 0 Å². The fourth-order valence-corrected chi connectivity index (χ4v) is 3.70. The molecule has 3 aromatic rings. The molecule has 0 bridgehead atoms. The average Bonchev–Trinajstić information content (AvgIpc) is 3.37. The van der Waals surface area contributed by atoms with Gasteiger partial charge in [-0.05, 0) is 36.2 Å². The van der Waals surface area contributed by atoms with E-state index in [2.05, 4.69) is 4.98 Å². The van der Waals surface area contributed by atoms with E-state index in [-0.39, 0.29) is 16.9 Å². The fourth-order valence-electron chi connectivity index (χ4n) is 3.70. The molecule has 1 atom stereocenters. The lowest BCUT2D eigenvalue weighted by Gasteiger charge is -2.25. The number of likely N-dealkylation sites (tertiary alicyclic amines) is 1. The highest BCUT2D eigenvalue weighted by Crippen LogP contribution is 2.39. The fraction of sp³-hybridized carbons (Fsp3) is 0.174. The Labute approximate surface area is 172 Å². The van der Waals surface area contributed by atoms with Gasteiger partial charge >= 0.3 is 0 Å². The molecule has 0 aliphatic carbocycles. The van der Waals surface area contributed by atoms with Crippen LogP contribution in [-0.2, 0) is 16.1 Å². The zero-order valence-electron chi connectivity index (χ0n) is 16.1. The van der Waals surface area contributed by atoms with Gasteiger partial charge in [0.2, 0.25) is 0 Å². The minimum Gasteiger partial charge on any atom is -0.507 e. The number of halogens is 1. The van der Waals surface area contributed by atoms with Crippen LogP contribution in [0.5, 0.6) is 0 Å². The predicted molar refractivity (Wildman–Crippen MR) is 109 cm³/mol. The molecular weight excluding hydrogens is 385 g/mol. The smallest absolute Gasteiger partial charge is 0.295 e. The molecule has 1 aliphatic heterocycles. The minimum absolute atomic E-state index is 0.0143. The summed E-state index contributed by atoms with van der Waals surface area (Å²) in [6.45, 7) is 0.977. The van der Waals surface area contributed by atoms with E-state index in [1.807, 2.05) is 41.1 Å². The molecule has 152 valence electrons. The summed E-state index contributed by atoms with van der Waals surface area (Å²) in [5, 5.41) is 10.9. The third-order valence-electron chi connectivity index (χ3n) is 5.15. The van der Waals surface area contributed by atoms with Crippen molar-refractivity contribution in [1.82, 2.24) is 14.5 Å². The molecule has 2 heterocycles. The van der Waals surface area contributed by atoms with Crippen LogP contribution in [0.3, 0.4) is 0 Å². The molecule has 1 fully saturated rings. The number of imidazole rings is 1. The number of aliphatic hydroxyl groups excluding tert-OH is 1. The van der Waals surface area contributed by atoms with Gasteiger partial charge in [0.1, 0.15) is 11.6 Å². The molecule has 1 aliphatic rings. The maximum Gasteiger partial charge on any atom is 0.295 e. The number of aliphatic hydroxyl groups is 1. The molecule has 0 unspecified atom stereocenters. The lowest BCUT2D eigenvalue weighted by atomic mass is 9.95. The van der Waals surface area contributed by atoms with Crippen molar-refractivity contribution < 1.29 is 19.1 Å². The van der Waals surface area contributed by atoms with Gasteiger partial charge in [0, 0.05) is 31.0 Å². The molecule has 1 aromatic heterocycles. The summed E-state index contributed by atoms with van der Waals surface area (Å²) < 4.78 is 15.2. The Kier molecular flexibility index (Phi) is 5.43. The average molecular weight is 405 g/mol. The van der Waals surface area contributed by atoms with Gasteiger partial charge in [-0.15, -0.1) is 0 Å². The maximum absolute atomic E-state index is 13.3. The largest absolute Gasteiger partial charge is 0.507 e. The summed E-state index contributed by atoms with van der Waals surface area (Å²) >= 11 is 0. The van der Waals surface area contributed by atoms with Gasteiger partial charge in [-0.3, -0.25) is 9.59 Å². The standard InChI is InChI=1S/C23H20FN3O3/c24-18-9-7-17(8-10-18)21(28)19-20(16-5-2-1-3-6-16)27(23(30)22(19)29)13-4-12-26-14-11-25-15-26/h1-3,5-11,14-15,20,28H,4,12-13H2/t20-/m0/s1. The highest BCUT2D eigenvalue weighted by atomic mass is 19.1. The van der Waals surface area contributed by atoms with Crippen molar-refractivity contribution in [2.75, 3.05) is 6.54 Å². The second-order valence-electron chi connectivity index (χ2n) is 7.06. The number of amides is 1. The number of hydrogen-bond donors (Lipinski definition) is 1. The van der Waals surface area contributed by atoms with Gasteiger partial charge in [-0.25, -0.2) is 9.37 Å². The summed E-state index contributed by atoms with van der Waals surface area (Å²) in [5.74, 6) is -2.16. The van der Waals surface area contributed by atoms with Crippen molar-refractivity contribution in [2.24, 2.45) is 0 Å². The van der Waals surface area contributed by atoms with Crippen molar-refractivity contribution in [3.05, 3.63) is 95.8 Å². The first kappa shape index (κ1) is 19.6. The number of aromatic nitrogens is 2. The van der Waals surface area contributed by atoms with Crippen LogP contribution < -0.4 is 0 Å². The van der Waals surface area contributed by atoms with E-state index in [1.54, 1.807) is 12.5 Å². The van der Waals surface area contributed by atoms with E-state index in [0.29, 0.717) is 19.5 Å². The van der Waals surface area contributed by atoms with Gasteiger partial charge in [-0.1, -0.05) is 30.3 Å². The SMILES string of the molecule is O=C1C(=O)N(CCCn2ccnc2)[C@@H](c2ccccc2)C1=C(O)c1ccc(F)cc1.